The Bertz CT molecular complexity index is 450. The number of hydrogen-bond donors (Lipinski definition) is 2. The standard InChI is InChI=1S/C12H14N2O2S/c1-12(7-16-6-11(17)14-12)9-3-2-4-10(5-9)13-8-15/h2-5,8H,6-7H2,1H3,(H,13,15)(H,14,17). The molecule has 1 unspecified atom stereocenters. The molecule has 0 bridgehead atoms. The Morgan fingerprint density at radius 2 is 2.41 bits per heavy atom. The molecular formula is C12H14N2O2S. The molecule has 0 aromatic heterocycles. The van der Waals surface area contributed by atoms with Crippen molar-refractivity contribution < 1.29 is 9.53 Å². The third-order valence-corrected chi connectivity index (χ3v) is 2.98. The summed E-state index contributed by atoms with van der Waals surface area (Å²) in [6, 6.07) is 7.63. The van der Waals surface area contributed by atoms with Crippen LogP contribution in [0.25, 0.3) is 0 Å². The van der Waals surface area contributed by atoms with Crippen LogP contribution >= 0.6 is 12.2 Å². The van der Waals surface area contributed by atoms with Crippen molar-refractivity contribution in [1.82, 2.24) is 5.32 Å². The topological polar surface area (TPSA) is 50.4 Å². The fourth-order valence-corrected chi connectivity index (χ4v) is 2.21. The molecule has 1 aliphatic rings. The van der Waals surface area contributed by atoms with E-state index in [-0.39, 0.29) is 5.54 Å². The van der Waals surface area contributed by atoms with Gasteiger partial charge in [-0.1, -0.05) is 24.4 Å². The number of anilines is 1. The van der Waals surface area contributed by atoms with E-state index in [2.05, 4.69) is 10.6 Å². The molecule has 1 atom stereocenters. The second kappa shape index (κ2) is 4.81. The van der Waals surface area contributed by atoms with Gasteiger partial charge < -0.3 is 15.4 Å². The maximum absolute atomic E-state index is 10.4. The summed E-state index contributed by atoms with van der Waals surface area (Å²) < 4.78 is 5.46. The normalized spacial score (nSPS) is 23.9. The van der Waals surface area contributed by atoms with Crippen molar-refractivity contribution in [3.63, 3.8) is 0 Å². The highest BCUT2D eigenvalue weighted by molar-refractivity contribution is 7.80. The number of carbonyl (C=O) groups is 1. The summed E-state index contributed by atoms with van der Waals surface area (Å²) in [5, 5.41) is 5.90. The number of amides is 1. The maximum Gasteiger partial charge on any atom is 0.211 e. The van der Waals surface area contributed by atoms with Crippen molar-refractivity contribution in [2.24, 2.45) is 0 Å². The van der Waals surface area contributed by atoms with E-state index in [4.69, 9.17) is 17.0 Å². The van der Waals surface area contributed by atoms with Crippen molar-refractivity contribution >= 4 is 29.3 Å². The van der Waals surface area contributed by atoms with Crippen LogP contribution < -0.4 is 10.6 Å². The van der Waals surface area contributed by atoms with Gasteiger partial charge in [-0.3, -0.25) is 4.79 Å². The fraction of sp³-hybridized carbons (Fsp3) is 0.333. The molecule has 2 N–H and O–H groups in total. The molecule has 90 valence electrons. The number of morpholine rings is 1. The number of ether oxygens (including phenoxy) is 1. The number of benzene rings is 1. The van der Waals surface area contributed by atoms with Crippen molar-refractivity contribution in [2.75, 3.05) is 18.5 Å². The van der Waals surface area contributed by atoms with E-state index in [1.54, 1.807) is 0 Å². The van der Waals surface area contributed by atoms with E-state index in [0.29, 0.717) is 24.6 Å². The van der Waals surface area contributed by atoms with E-state index in [1.165, 1.54) is 0 Å². The average molecular weight is 250 g/mol. The average Bonchev–Trinajstić information content (AvgIpc) is 2.29. The molecule has 17 heavy (non-hydrogen) atoms. The van der Waals surface area contributed by atoms with Crippen molar-refractivity contribution in [1.29, 1.82) is 0 Å². The number of thiocarbonyl (C=S) groups is 1. The van der Waals surface area contributed by atoms with Crippen LogP contribution in [-0.2, 0) is 15.1 Å². The van der Waals surface area contributed by atoms with Gasteiger partial charge in [0.05, 0.1) is 18.8 Å². The SMILES string of the molecule is CC1(c2cccc(NC=O)c2)COCC(=S)N1. The van der Waals surface area contributed by atoms with Gasteiger partial charge in [-0.05, 0) is 24.6 Å². The van der Waals surface area contributed by atoms with E-state index in [9.17, 15) is 4.79 Å². The Morgan fingerprint density at radius 3 is 3.12 bits per heavy atom. The largest absolute Gasteiger partial charge is 0.372 e. The third kappa shape index (κ3) is 2.62. The number of rotatable bonds is 3. The molecule has 0 spiro atoms. The third-order valence-electron chi connectivity index (χ3n) is 2.76. The van der Waals surface area contributed by atoms with Crippen LogP contribution in [0.1, 0.15) is 12.5 Å². The van der Waals surface area contributed by atoms with E-state index in [0.717, 1.165) is 11.3 Å². The predicted octanol–water partition coefficient (Wildman–Crippen LogP) is 1.42. The molecule has 0 aliphatic carbocycles. The van der Waals surface area contributed by atoms with Crippen molar-refractivity contribution in [3.8, 4) is 0 Å². The number of hydrogen-bond acceptors (Lipinski definition) is 3. The van der Waals surface area contributed by atoms with Crippen LogP contribution in [0.2, 0.25) is 0 Å². The lowest BCUT2D eigenvalue weighted by Crippen LogP contribution is -2.52. The van der Waals surface area contributed by atoms with Crippen LogP contribution in [0, 0.1) is 0 Å². The monoisotopic (exact) mass is 250 g/mol. The molecule has 5 heteroatoms. The zero-order valence-corrected chi connectivity index (χ0v) is 10.3. The van der Waals surface area contributed by atoms with Crippen molar-refractivity contribution in [2.45, 2.75) is 12.5 Å². The van der Waals surface area contributed by atoms with Gasteiger partial charge in [-0.15, -0.1) is 0 Å². The first-order valence-electron chi connectivity index (χ1n) is 5.33. The summed E-state index contributed by atoms with van der Waals surface area (Å²) in [6.07, 6.45) is 0.664. The molecule has 1 heterocycles. The summed E-state index contributed by atoms with van der Waals surface area (Å²) in [7, 11) is 0. The summed E-state index contributed by atoms with van der Waals surface area (Å²) >= 11 is 5.13. The highest BCUT2D eigenvalue weighted by Crippen LogP contribution is 2.25. The summed E-state index contributed by atoms with van der Waals surface area (Å²) in [6.45, 7) is 3.05. The second-order valence-electron chi connectivity index (χ2n) is 4.22. The minimum atomic E-state index is -0.337. The zero-order chi connectivity index (χ0) is 12.3. The molecule has 4 nitrogen and oxygen atoms in total. The van der Waals surface area contributed by atoms with Gasteiger partial charge in [0.1, 0.15) is 4.99 Å². The Hall–Kier alpha value is -1.46. The lowest BCUT2D eigenvalue weighted by Gasteiger charge is -2.36. The van der Waals surface area contributed by atoms with E-state index >= 15 is 0 Å². The van der Waals surface area contributed by atoms with Gasteiger partial charge >= 0.3 is 0 Å². The summed E-state index contributed by atoms with van der Waals surface area (Å²) in [4.78, 5) is 11.1. The minimum Gasteiger partial charge on any atom is -0.372 e. The molecule has 0 saturated carbocycles. The zero-order valence-electron chi connectivity index (χ0n) is 9.53. The van der Waals surface area contributed by atoms with E-state index < -0.39 is 0 Å². The molecule has 1 fully saturated rings. The summed E-state index contributed by atoms with van der Waals surface area (Å²) in [5.74, 6) is 0. The van der Waals surface area contributed by atoms with Gasteiger partial charge in [0.15, 0.2) is 0 Å². The lowest BCUT2D eigenvalue weighted by molar-refractivity contribution is -0.105. The number of nitrogens with one attached hydrogen (secondary N) is 2. The Balaban J connectivity index is 2.28. The highest BCUT2D eigenvalue weighted by atomic mass is 32.1. The van der Waals surface area contributed by atoms with Crippen LogP contribution in [0.5, 0.6) is 0 Å². The van der Waals surface area contributed by atoms with Crippen molar-refractivity contribution in [3.05, 3.63) is 29.8 Å². The Kier molecular flexibility index (Phi) is 3.40. The van der Waals surface area contributed by atoms with Gasteiger partial charge in [0.2, 0.25) is 6.41 Å². The predicted molar refractivity (Wildman–Crippen MR) is 70.0 cm³/mol. The maximum atomic E-state index is 10.4. The molecule has 1 saturated heterocycles. The van der Waals surface area contributed by atoms with Gasteiger partial charge in [-0.2, -0.15) is 0 Å². The van der Waals surface area contributed by atoms with Crippen LogP contribution in [0.4, 0.5) is 5.69 Å². The van der Waals surface area contributed by atoms with Gasteiger partial charge in [0, 0.05) is 5.69 Å². The van der Waals surface area contributed by atoms with E-state index in [1.807, 2.05) is 31.2 Å². The molecule has 1 aromatic rings. The molecule has 1 aliphatic heterocycles. The second-order valence-corrected chi connectivity index (χ2v) is 4.71. The molecule has 1 amide bonds. The fourth-order valence-electron chi connectivity index (χ4n) is 1.90. The number of carbonyl (C=O) groups excluding carboxylic acids is 1. The smallest absolute Gasteiger partial charge is 0.211 e. The molecule has 1 aromatic carbocycles. The van der Waals surface area contributed by atoms with Gasteiger partial charge in [-0.25, -0.2) is 0 Å². The Labute approximate surface area is 105 Å². The lowest BCUT2D eigenvalue weighted by atomic mass is 9.91. The van der Waals surface area contributed by atoms with Crippen LogP contribution in [0.3, 0.4) is 0 Å². The quantitative estimate of drug-likeness (QED) is 0.629. The first-order valence-corrected chi connectivity index (χ1v) is 5.74. The molecule has 0 radical (unpaired) electrons. The molecule has 2 rings (SSSR count). The van der Waals surface area contributed by atoms with Crippen LogP contribution in [0.15, 0.2) is 24.3 Å². The summed E-state index contributed by atoms with van der Waals surface area (Å²) in [5.41, 5.74) is 1.46. The first kappa shape index (κ1) is 12.0. The first-order chi connectivity index (χ1) is 8.14. The Morgan fingerprint density at radius 1 is 1.59 bits per heavy atom. The molecular weight excluding hydrogens is 236 g/mol. The minimum absolute atomic E-state index is 0.337. The van der Waals surface area contributed by atoms with Gasteiger partial charge in [0.25, 0.3) is 0 Å². The van der Waals surface area contributed by atoms with Crippen LogP contribution in [-0.4, -0.2) is 24.6 Å². The highest BCUT2D eigenvalue weighted by Gasteiger charge is 2.31.